The summed E-state index contributed by atoms with van der Waals surface area (Å²) in [6.07, 6.45) is 0. The summed E-state index contributed by atoms with van der Waals surface area (Å²) in [5, 5.41) is 0. The van der Waals surface area contributed by atoms with E-state index in [4.69, 9.17) is 0 Å². The maximum atomic E-state index is 13.3. The van der Waals surface area contributed by atoms with Gasteiger partial charge in [-0.25, -0.2) is 8.42 Å². The summed E-state index contributed by atoms with van der Waals surface area (Å²) in [7, 11) is -1.77. The van der Waals surface area contributed by atoms with E-state index in [0.29, 0.717) is 13.1 Å². The summed E-state index contributed by atoms with van der Waals surface area (Å²) in [5.41, 5.74) is 2.95. The van der Waals surface area contributed by atoms with E-state index < -0.39 is 10.0 Å². The van der Waals surface area contributed by atoms with Gasteiger partial charge in [-0.15, -0.1) is 0 Å². The maximum absolute atomic E-state index is 13.3. The third-order valence-electron chi connectivity index (χ3n) is 5.31. The summed E-state index contributed by atoms with van der Waals surface area (Å²) < 4.78 is 28.0. The molecule has 0 aliphatic carbocycles. The third-order valence-corrected chi connectivity index (χ3v) is 7.11. The van der Waals surface area contributed by atoms with Crippen LogP contribution in [0.15, 0.2) is 53.4 Å². The number of rotatable bonds is 6. The molecule has 6 nitrogen and oxygen atoms in total. The van der Waals surface area contributed by atoms with Crippen LogP contribution in [0.25, 0.3) is 0 Å². The van der Waals surface area contributed by atoms with Crippen molar-refractivity contribution < 1.29 is 13.2 Å². The molecule has 1 amide bonds. The van der Waals surface area contributed by atoms with E-state index >= 15 is 0 Å². The molecule has 0 aromatic heterocycles. The Labute approximate surface area is 173 Å². The van der Waals surface area contributed by atoms with E-state index in [9.17, 15) is 13.2 Å². The lowest BCUT2D eigenvalue weighted by Crippen LogP contribution is -2.50. The molecule has 1 saturated heterocycles. The summed E-state index contributed by atoms with van der Waals surface area (Å²) in [5.74, 6) is -0.152. The van der Waals surface area contributed by atoms with Gasteiger partial charge in [-0.1, -0.05) is 47.5 Å². The molecule has 0 spiro atoms. The smallest absolute Gasteiger partial charge is 0.243 e. The predicted octanol–water partition coefficient (Wildman–Crippen LogP) is 2.27. The van der Waals surface area contributed by atoms with Gasteiger partial charge in [0.05, 0.1) is 11.4 Å². The van der Waals surface area contributed by atoms with Crippen molar-refractivity contribution >= 4 is 15.9 Å². The molecular formula is C22H29N3O3S. The lowest BCUT2D eigenvalue weighted by atomic mass is 10.1. The van der Waals surface area contributed by atoms with Crippen molar-refractivity contribution in [1.29, 1.82) is 0 Å². The number of likely N-dealkylation sites (N-methyl/N-ethyl adjacent to an activating group) is 1. The molecule has 1 heterocycles. The Morgan fingerprint density at radius 1 is 0.897 bits per heavy atom. The molecule has 1 aliphatic rings. The Balaban J connectivity index is 1.85. The number of amides is 1. The van der Waals surface area contributed by atoms with Gasteiger partial charge in [0, 0.05) is 32.7 Å². The summed E-state index contributed by atoms with van der Waals surface area (Å²) in [4.78, 5) is 17.0. The maximum Gasteiger partial charge on any atom is 0.243 e. The quantitative estimate of drug-likeness (QED) is 0.726. The first-order valence-electron chi connectivity index (χ1n) is 9.84. The summed E-state index contributed by atoms with van der Waals surface area (Å²) in [6, 6.07) is 14.5. The number of sulfonamides is 1. The molecule has 3 rings (SSSR count). The van der Waals surface area contributed by atoms with Gasteiger partial charge in [-0.2, -0.15) is 4.31 Å². The lowest BCUT2D eigenvalue weighted by molar-refractivity contribution is -0.133. The summed E-state index contributed by atoms with van der Waals surface area (Å²) in [6.45, 7) is 6.75. The Hall–Kier alpha value is -2.22. The van der Waals surface area contributed by atoms with E-state index in [1.165, 1.54) is 4.31 Å². The molecule has 0 saturated carbocycles. The van der Waals surface area contributed by atoms with Crippen LogP contribution in [0.3, 0.4) is 0 Å². The fraction of sp³-hybridized carbons (Fsp3) is 0.409. The van der Waals surface area contributed by atoms with E-state index in [-0.39, 0.29) is 23.9 Å². The molecule has 0 radical (unpaired) electrons. The molecule has 2 aromatic carbocycles. The van der Waals surface area contributed by atoms with Crippen LogP contribution < -0.4 is 0 Å². The third kappa shape index (κ3) is 5.44. The van der Waals surface area contributed by atoms with Crippen molar-refractivity contribution in [2.45, 2.75) is 25.3 Å². The van der Waals surface area contributed by atoms with Crippen molar-refractivity contribution in [3.63, 3.8) is 0 Å². The minimum Gasteiger partial charge on any atom is -0.339 e. The second-order valence-corrected chi connectivity index (χ2v) is 9.69. The number of hydrogen-bond acceptors (Lipinski definition) is 4. The highest BCUT2D eigenvalue weighted by Gasteiger charge is 2.29. The first kappa shape index (κ1) is 21.5. The van der Waals surface area contributed by atoms with Crippen LogP contribution in [0.4, 0.5) is 0 Å². The molecule has 0 unspecified atom stereocenters. The molecule has 156 valence electrons. The zero-order valence-corrected chi connectivity index (χ0v) is 18.2. The van der Waals surface area contributed by atoms with Gasteiger partial charge in [0.2, 0.25) is 15.9 Å². The second kappa shape index (κ2) is 9.07. The molecule has 29 heavy (non-hydrogen) atoms. The molecule has 2 aromatic rings. The van der Waals surface area contributed by atoms with Gasteiger partial charge >= 0.3 is 0 Å². The normalized spacial score (nSPS) is 15.7. The van der Waals surface area contributed by atoms with Crippen molar-refractivity contribution in [3.8, 4) is 0 Å². The molecule has 0 bridgehead atoms. The van der Waals surface area contributed by atoms with Crippen LogP contribution in [-0.2, 0) is 21.4 Å². The first-order valence-corrected chi connectivity index (χ1v) is 11.3. The fourth-order valence-electron chi connectivity index (χ4n) is 3.29. The zero-order chi connectivity index (χ0) is 21.0. The highest BCUT2D eigenvalue weighted by molar-refractivity contribution is 7.89. The average Bonchev–Trinajstić information content (AvgIpc) is 2.70. The van der Waals surface area contributed by atoms with E-state index in [2.05, 4.69) is 4.90 Å². The molecule has 1 aliphatic heterocycles. The van der Waals surface area contributed by atoms with Crippen LogP contribution in [0.2, 0.25) is 0 Å². The first-order chi connectivity index (χ1) is 13.8. The molecule has 7 heteroatoms. The molecule has 0 N–H and O–H groups in total. The van der Waals surface area contributed by atoms with Crippen LogP contribution in [0.5, 0.6) is 0 Å². The van der Waals surface area contributed by atoms with Crippen molar-refractivity contribution in [2.75, 3.05) is 39.8 Å². The standard InChI is InChI=1S/C22H29N3O3S/c1-18-4-8-20(9-5-18)16-25(17-22(26)24-14-12-23(3)13-15-24)29(27,28)21-10-6-19(2)7-11-21/h4-11H,12-17H2,1-3H3. The Bertz CT molecular complexity index is 932. The van der Waals surface area contributed by atoms with Gasteiger partial charge in [0.1, 0.15) is 0 Å². The van der Waals surface area contributed by atoms with Crippen LogP contribution in [-0.4, -0.2) is 68.2 Å². The van der Waals surface area contributed by atoms with Gasteiger partial charge in [-0.3, -0.25) is 4.79 Å². The number of carbonyl (C=O) groups excluding carboxylic acids is 1. The van der Waals surface area contributed by atoms with E-state index in [0.717, 1.165) is 29.8 Å². The predicted molar refractivity (Wildman–Crippen MR) is 114 cm³/mol. The van der Waals surface area contributed by atoms with Crippen LogP contribution in [0.1, 0.15) is 16.7 Å². The zero-order valence-electron chi connectivity index (χ0n) is 17.3. The van der Waals surface area contributed by atoms with E-state index in [1.54, 1.807) is 29.2 Å². The SMILES string of the molecule is Cc1ccc(CN(CC(=O)N2CCN(C)CC2)S(=O)(=O)c2ccc(C)cc2)cc1. The number of nitrogens with zero attached hydrogens (tertiary/aromatic N) is 3. The number of aryl methyl sites for hydroxylation is 2. The largest absolute Gasteiger partial charge is 0.339 e. The van der Waals surface area contributed by atoms with E-state index in [1.807, 2.05) is 45.2 Å². The number of piperazine rings is 1. The van der Waals surface area contributed by atoms with Crippen molar-refractivity contribution in [2.24, 2.45) is 0 Å². The molecular weight excluding hydrogens is 386 g/mol. The Morgan fingerprint density at radius 3 is 1.97 bits per heavy atom. The Kier molecular flexibility index (Phi) is 6.72. The highest BCUT2D eigenvalue weighted by atomic mass is 32.2. The average molecular weight is 416 g/mol. The minimum atomic E-state index is -3.80. The van der Waals surface area contributed by atoms with Crippen LogP contribution in [0, 0.1) is 13.8 Å². The van der Waals surface area contributed by atoms with Gasteiger partial charge in [0.15, 0.2) is 0 Å². The monoisotopic (exact) mass is 415 g/mol. The number of benzene rings is 2. The molecule has 0 atom stereocenters. The Morgan fingerprint density at radius 2 is 1.41 bits per heavy atom. The lowest BCUT2D eigenvalue weighted by Gasteiger charge is -2.33. The van der Waals surface area contributed by atoms with Crippen LogP contribution >= 0.6 is 0 Å². The van der Waals surface area contributed by atoms with Crippen molar-refractivity contribution in [1.82, 2.24) is 14.1 Å². The number of carbonyl (C=O) groups is 1. The minimum absolute atomic E-state index is 0.152. The highest BCUT2D eigenvalue weighted by Crippen LogP contribution is 2.20. The molecule has 1 fully saturated rings. The van der Waals surface area contributed by atoms with Gasteiger partial charge in [0.25, 0.3) is 0 Å². The van der Waals surface area contributed by atoms with Gasteiger partial charge in [-0.05, 0) is 38.6 Å². The summed E-state index contributed by atoms with van der Waals surface area (Å²) >= 11 is 0. The second-order valence-electron chi connectivity index (χ2n) is 7.76. The fourth-order valence-corrected chi connectivity index (χ4v) is 4.67. The van der Waals surface area contributed by atoms with Gasteiger partial charge < -0.3 is 9.80 Å². The number of hydrogen-bond donors (Lipinski definition) is 0. The van der Waals surface area contributed by atoms with Crippen molar-refractivity contribution in [3.05, 3.63) is 65.2 Å². The topological polar surface area (TPSA) is 60.9 Å².